The second-order valence-electron chi connectivity index (χ2n) is 3.93. The molecular weight excluding hydrogens is 243 g/mol. The Labute approximate surface area is 125 Å². The third-order valence-electron chi connectivity index (χ3n) is 1.65. The second kappa shape index (κ2) is 5.68. The Bertz CT molecular complexity index is 268. The van der Waals surface area contributed by atoms with Crippen LogP contribution < -0.4 is 51.4 Å². The van der Waals surface area contributed by atoms with Crippen LogP contribution in [0.2, 0.25) is 6.32 Å². The zero-order chi connectivity index (χ0) is 10.9. The molecule has 0 bridgehead atoms. The molecule has 0 spiro atoms. The first-order valence-electron chi connectivity index (χ1n) is 3.89. The fourth-order valence-corrected chi connectivity index (χ4v) is 1.78. The van der Waals surface area contributed by atoms with E-state index in [1.807, 2.05) is 0 Å². The summed E-state index contributed by atoms with van der Waals surface area (Å²) >= 11 is 0. The predicted molar refractivity (Wildman–Crippen MR) is 47.4 cm³/mol. The number of sulfone groups is 1. The van der Waals surface area contributed by atoms with E-state index in [1.165, 1.54) is 20.8 Å². The number of halogens is 3. The molecule has 0 amide bonds. The van der Waals surface area contributed by atoms with Gasteiger partial charge in [-0.3, -0.25) is 0 Å². The molecule has 0 aromatic heterocycles. The van der Waals surface area contributed by atoms with E-state index in [0.29, 0.717) is 0 Å². The Kier molecular flexibility index (Phi) is 7.23. The molecule has 8 heteroatoms. The van der Waals surface area contributed by atoms with E-state index >= 15 is 0 Å². The molecule has 0 fully saturated rings. The van der Waals surface area contributed by atoms with Gasteiger partial charge in [-0.15, -0.1) is 0 Å². The zero-order valence-corrected chi connectivity index (χ0v) is 12.8. The van der Waals surface area contributed by atoms with Gasteiger partial charge in [-0.2, -0.15) is 0 Å². The van der Waals surface area contributed by atoms with E-state index in [0.717, 1.165) is 0 Å². The maximum Gasteiger partial charge on any atom is 1.00 e. The van der Waals surface area contributed by atoms with Crippen molar-refractivity contribution in [3.63, 3.8) is 0 Å². The maximum atomic E-state index is 11.8. The Morgan fingerprint density at radius 2 is 1.50 bits per heavy atom. The first kappa shape index (κ1) is 17.8. The van der Waals surface area contributed by atoms with Crippen LogP contribution >= 0.6 is 0 Å². The summed E-state index contributed by atoms with van der Waals surface area (Å²) in [6.07, 6.45) is -1.21. The predicted octanol–water partition coefficient (Wildman–Crippen LogP) is -0.949. The fourth-order valence-electron chi connectivity index (χ4n) is 0.595. The van der Waals surface area contributed by atoms with Crippen molar-refractivity contribution in [3.05, 3.63) is 0 Å². The van der Waals surface area contributed by atoms with Gasteiger partial charge < -0.3 is 12.9 Å². The molecule has 0 saturated heterocycles. The van der Waals surface area contributed by atoms with E-state index in [4.69, 9.17) is 0 Å². The van der Waals surface area contributed by atoms with E-state index in [-0.39, 0.29) is 51.4 Å². The van der Waals surface area contributed by atoms with Crippen LogP contribution in [-0.2, 0) is 9.84 Å². The molecule has 0 rings (SSSR count). The van der Waals surface area contributed by atoms with Crippen LogP contribution in [0.1, 0.15) is 20.8 Å². The van der Waals surface area contributed by atoms with Gasteiger partial charge in [0.1, 0.15) is 0 Å². The standard InChI is InChI=1S/C6H13BF3O2S.K/c1-6(2,3)13(11,12)5-4-7(8,9)10;/h4-5H2,1-3H3;/q-1;+1. The average molecular weight is 256 g/mol. The Balaban J connectivity index is 0. The summed E-state index contributed by atoms with van der Waals surface area (Å²) in [4.78, 5) is 0. The molecule has 0 heterocycles. The fraction of sp³-hybridized carbons (Fsp3) is 1.00. The topological polar surface area (TPSA) is 34.1 Å². The molecule has 0 radical (unpaired) electrons. The Morgan fingerprint density at radius 3 is 1.71 bits per heavy atom. The van der Waals surface area contributed by atoms with Gasteiger partial charge in [0.05, 0.1) is 4.75 Å². The molecule has 0 atom stereocenters. The summed E-state index contributed by atoms with van der Waals surface area (Å²) in [5, 5.41) is 0. The van der Waals surface area contributed by atoms with Crippen molar-refractivity contribution in [3.8, 4) is 0 Å². The van der Waals surface area contributed by atoms with Crippen LogP contribution in [0.4, 0.5) is 12.9 Å². The van der Waals surface area contributed by atoms with Crippen molar-refractivity contribution in [1.82, 2.24) is 0 Å². The van der Waals surface area contributed by atoms with E-state index in [2.05, 4.69) is 0 Å². The quantitative estimate of drug-likeness (QED) is 0.610. The van der Waals surface area contributed by atoms with Crippen LogP contribution in [0, 0.1) is 0 Å². The van der Waals surface area contributed by atoms with Crippen molar-refractivity contribution in [2.45, 2.75) is 31.8 Å². The Morgan fingerprint density at radius 1 is 1.14 bits per heavy atom. The van der Waals surface area contributed by atoms with Crippen molar-refractivity contribution < 1.29 is 72.7 Å². The van der Waals surface area contributed by atoms with Crippen LogP contribution in [0.15, 0.2) is 0 Å². The van der Waals surface area contributed by atoms with Crippen molar-refractivity contribution in [2.75, 3.05) is 5.75 Å². The molecule has 0 saturated carbocycles. The zero-order valence-electron chi connectivity index (χ0n) is 8.85. The van der Waals surface area contributed by atoms with Gasteiger partial charge >= 0.3 is 58.4 Å². The van der Waals surface area contributed by atoms with Crippen LogP contribution in [0.25, 0.3) is 0 Å². The first-order chi connectivity index (χ1) is 5.46. The molecule has 0 aliphatic rings. The monoisotopic (exact) mass is 256 g/mol. The van der Waals surface area contributed by atoms with Gasteiger partial charge in [0.2, 0.25) is 0 Å². The molecule has 0 aromatic carbocycles. The summed E-state index contributed by atoms with van der Waals surface area (Å²) < 4.78 is 56.6. The average Bonchev–Trinajstić information content (AvgIpc) is 1.79. The third kappa shape index (κ3) is 6.84. The number of rotatable bonds is 3. The summed E-state index contributed by atoms with van der Waals surface area (Å²) in [7, 11) is -3.64. The maximum absolute atomic E-state index is 11.8. The van der Waals surface area contributed by atoms with Gasteiger partial charge in [0.25, 0.3) is 0 Å². The Hall–Kier alpha value is 1.44. The SMILES string of the molecule is CC(C)(C)S(=O)(=O)CC[B-](F)(F)F.[K+]. The molecule has 14 heavy (non-hydrogen) atoms. The minimum Gasteiger partial charge on any atom is -0.449 e. The smallest absolute Gasteiger partial charge is 0.449 e. The number of hydrogen-bond acceptors (Lipinski definition) is 2. The van der Waals surface area contributed by atoms with Gasteiger partial charge in [0, 0.05) is 5.75 Å². The first-order valence-corrected chi connectivity index (χ1v) is 5.54. The second-order valence-corrected chi connectivity index (χ2v) is 6.79. The normalized spacial score (nSPS) is 13.6. The van der Waals surface area contributed by atoms with E-state index in [9.17, 15) is 21.4 Å². The van der Waals surface area contributed by atoms with Gasteiger partial charge in [0.15, 0.2) is 9.84 Å². The molecule has 0 unspecified atom stereocenters. The van der Waals surface area contributed by atoms with Gasteiger partial charge in [-0.25, -0.2) is 8.42 Å². The summed E-state index contributed by atoms with van der Waals surface area (Å²) in [6.45, 7) is -0.815. The molecule has 2 nitrogen and oxygen atoms in total. The van der Waals surface area contributed by atoms with Crippen molar-refractivity contribution in [1.29, 1.82) is 0 Å². The summed E-state index contributed by atoms with van der Waals surface area (Å²) in [5.41, 5.74) is 0. The van der Waals surface area contributed by atoms with Gasteiger partial charge in [-0.05, 0) is 20.8 Å². The summed E-state index contributed by atoms with van der Waals surface area (Å²) in [6, 6.07) is 0. The van der Waals surface area contributed by atoms with E-state index < -0.39 is 33.6 Å². The molecule has 0 aliphatic carbocycles. The van der Waals surface area contributed by atoms with Crippen LogP contribution in [-0.4, -0.2) is 25.9 Å². The van der Waals surface area contributed by atoms with Crippen LogP contribution in [0.5, 0.6) is 0 Å². The molecule has 0 aromatic rings. The minimum absolute atomic E-state index is 0. The van der Waals surface area contributed by atoms with Crippen molar-refractivity contribution >= 4 is 16.8 Å². The van der Waals surface area contributed by atoms with Gasteiger partial charge in [-0.1, -0.05) is 6.32 Å². The molecule has 0 N–H and O–H groups in total. The largest absolute Gasteiger partial charge is 1.00 e. The molecule has 80 valence electrons. The molecular formula is C6H13BF3KO2S. The minimum atomic E-state index is -5.00. The molecule has 0 aliphatic heterocycles. The van der Waals surface area contributed by atoms with Crippen molar-refractivity contribution in [2.24, 2.45) is 0 Å². The van der Waals surface area contributed by atoms with E-state index in [1.54, 1.807) is 0 Å². The third-order valence-corrected chi connectivity index (χ3v) is 4.29. The summed E-state index contributed by atoms with van der Waals surface area (Å²) in [5.74, 6) is -0.806. The number of hydrogen-bond donors (Lipinski definition) is 0. The van der Waals surface area contributed by atoms with Crippen LogP contribution in [0.3, 0.4) is 0 Å².